The molecule has 0 saturated heterocycles. The van der Waals surface area contributed by atoms with Crippen LogP contribution in [0, 0.1) is 0 Å². The molecule has 0 spiro atoms. The van der Waals surface area contributed by atoms with Gasteiger partial charge in [-0.15, -0.1) is 0 Å². The van der Waals surface area contributed by atoms with Gasteiger partial charge in [-0.2, -0.15) is 0 Å². The number of fused-ring (bicyclic) bond motifs is 1. The van der Waals surface area contributed by atoms with Crippen molar-refractivity contribution in [2.24, 2.45) is 0 Å². The largest absolute Gasteiger partial charge is 0.497 e. The topological polar surface area (TPSA) is 43.4 Å². The Morgan fingerprint density at radius 3 is 2.56 bits per heavy atom. The van der Waals surface area contributed by atoms with Crippen molar-refractivity contribution in [3.05, 3.63) is 36.4 Å². The Bertz CT molecular complexity index is 633. The molecule has 3 nitrogen and oxygen atoms in total. The molecule has 2 rings (SSSR count). The summed E-state index contributed by atoms with van der Waals surface area (Å²) < 4.78 is 27.9. The van der Waals surface area contributed by atoms with Crippen LogP contribution in [0.5, 0.6) is 5.75 Å². The highest BCUT2D eigenvalue weighted by Crippen LogP contribution is 2.28. The van der Waals surface area contributed by atoms with Gasteiger partial charge >= 0.3 is 0 Å². The lowest BCUT2D eigenvalue weighted by Gasteiger charge is -2.05. The van der Waals surface area contributed by atoms with Crippen molar-refractivity contribution in [1.29, 1.82) is 0 Å². The highest BCUT2D eigenvalue weighted by Gasteiger charge is 2.12. The zero-order valence-corrected chi connectivity index (χ0v) is 10.3. The normalized spacial score (nSPS) is 11.6. The minimum absolute atomic E-state index is 0.219. The van der Waals surface area contributed by atoms with Gasteiger partial charge in [0.2, 0.25) is 8.87 Å². The monoisotopic (exact) mass is 254 g/mol. The first-order valence-corrected chi connectivity index (χ1v) is 7.10. The average Bonchev–Trinajstić information content (AvgIpc) is 2.26. The van der Waals surface area contributed by atoms with Crippen molar-refractivity contribution in [2.45, 2.75) is 4.90 Å². The summed E-state index contributed by atoms with van der Waals surface area (Å²) in [5.41, 5.74) is 0. The minimum atomic E-state index is -3.50. The molecule has 0 aliphatic heterocycles. The molecule has 0 heterocycles. The SMILES string of the molecule is COc1ccc2c(S(=O)(=O)S)cccc2c1. The van der Waals surface area contributed by atoms with Gasteiger partial charge in [-0.05, 0) is 41.3 Å². The van der Waals surface area contributed by atoms with Crippen molar-refractivity contribution >= 4 is 31.3 Å². The van der Waals surface area contributed by atoms with Crippen LogP contribution in [-0.4, -0.2) is 15.5 Å². The van der Waals surface area contributed by atoms with E-state index < -0.39 is 8.87 Å². The summed E-state index contributed by atoms with van der Waals surface area (Å²) in [6.45, 7) is 0. The van der Waals surface area contributed by atoms with E-state index in [1.54, 1.807) is 31.4 Å². The molecule has 0 aliphatic rings. The van der Waals surface area contributed by atoms with Gasteiger partial charge in [-0.3, -0.25) is 0 Å². The summed E-state index contributed by atoms with van der Waals surface area (Å²) in [7, 11) is -1.93. The zero-order valence-electron chi connectivity index (χ0n) is 8.54. The fraction of sp³-hybridized carbons (Fsp3) is 0.0909. The molecule has 0 saturated carbocycles. The minimum Gasteiger partial charge on any atom is -0.497 e. The summed E-state index contributed by atoms with van der Waals surface area (Å²) in [5, 5.41) is 1.47. The van der Waals surface area contributed by atoms with E-state index >= 15 is 0 Å². The molecule has 0 N–H and O–H groups in total. The van der Waals surface area contributed by atoms with Crippen LogP contribution in [0.2, 0.25) is 0 Å². The van der Waals surface area contributed by atoms with Crippen LogP contribution in [0.25, 0.3) is 10.8 Å². The van der Waals surface area contributed by atoms with Crippen LogP contribution in [0.3, 0.4) is 0 Å². The molecule has 0 amide bonds. The van der Waals surface area contributed by atoms with E-state index in [2.05, 4.69) is 11.7 Å². The Hall–Kier alpha value is -1.20. The highest BCUT2D eigenvalue weighted by atomic mass is 33.1. The van der Waals surface area contributed by atoms with Crippen molar-refractivity contribution in [2.75, 3.05) is 7.11 Å². The maximum absolute atomic E-state index is 11.4. The fourth-order valence-corrected chi connectivity index (χ4v) is 2.78. The van der Waals surface area contributed by atoms with Gasteiger partial charge in [-0.1, -0.05) is 12.1 Å². The quantitative estimate of drug-likeness (QED) is 0.661. The van der Waals surface area contributed by atoms with Crippen molar-refractivity contribution in [3.63, 3.8) is 0 Å². The molecule has 0 radical (unpaired) electrons. The van der Waals surface area contributed by atoms with Crippen LogP contribution in [0.4, 0.5) is 0 Å². The number of benzene rings is 2. The first kappa shape index (κ1) is 11.3. The van der Waals surface area contributed by atoms with Crippen molar-refractivity contribution in [3.8, 4) is 5.75 Å². The second-order valence-corrected chi connectivity index (χ2v) is 6.15. The molecule has 0 bridgehead atoms. The Balaban J connectivity index is 2.80. The van der Waals surface area contributed by atoms with Crippen LogP contribution >= 0.6 is 11.7 Å². The summed E-state index contributed by atoms with van der Waals surface area (Å²) in [6.07, 6.45) is 0. The second kappa shape index (κ2) is 3.99. The predicted octanol–water partition coefficient (Wildman–Crippen LogP) is 2.47. The van der Waals surface area contributed by atoms with Crippen LogP contribution in [-0.2, 0) is 8.87 Å². The maximum atomic E-state index is 11.4. The Kier molecular flexibility index (Phi) is 2.82. The Labute approximate surface area is 98.8 Å². The van der Waals surface area contributed by atoms with Gasteiger partial charge in [0.05, 0.1) is 12.0 Å². The summed E-state index contributed by atoms with van der Waals surface area (Å²) in [5.74, 6) is 0.696. The predicted molar refractivity (Wildman–Crippen MR) is 66.7 cm³/mol. The van der Waals surface area contributed by atoms with Gasteiger partial charge in [0.25, 0.3) is 0 Å². The molecule has 0 fully saturated rings. The van der Waals surface area contributed by atoms with E-state index in [-0.39, 0.29) is 4.90 Å². The van der Waals surface area contributed by atoms with Gasteiger partial charge in [-0.25, -0.2) is 8.42 Å². The number of hydrogen-bond acceptors (Lipinski definition) is 3. The molecular formula is C11H10O3S2. The first-order valence-electron chi connectivity index (χ1n) is 4.56. The summed E-state index contributed by atoms with van der Waals surface area (Å²) in [6, 6.07) is 10.3. The number of thiol groups is 1. The standard InChI is InChI=1S/C11H10O3S2/c1-14-9-5-6-10-8(7-9)3-2-4-11(10)16(12,13)15/h2-7H,1H3,(H,12,13,15). The van der Waals surface area contributed by atoms with Crippen LogP contribution in [0.15, 0.2) is 41.3 Å². The lowest BCUT2D eigenvalue weighted by Crippen LogP contribution is -1.92. The number of rotatable bonds is 2. The van der Waals surface area contributed by atoms with Gasteiger partial charge in [0, 0.05) is 5.39 Å². The molecule has 84 valence electrons. The van der Waals surface area contributed by atoms with Gasteiger partial charge in [0.15, 0.2) is 0 Å². The zero-order chi connectivity index (χ0) is 11.8. The molecule has 0 aliphatic carbocycles. The van der Waals surface area contributed by atoms with E-state index in [1.165, 1.54) is 6.07 Å². The molecule has 2 aromatic rings. The third kappa shape index (κ3) is 2.01. The molecular weight excluding hydrogens is 244 g/mol. The number of ether oxygens (including phenoxy) is 1. The van der Waals surface area contributed by atoms with Crippen molar-refractivity contribution < 1.29 is 13.2 Å². The molecule has 16 heavy (non-hydrogen) atoms. The number of hydrogen-bond donors (Lipinski definition) is 1. The fourth-order valence-electron chi connectivity index (χ4n) is 1.58. The molecule has 0 aromatic heterocycles. The highest BCUT2D eigenvalue weighted by molar-refractivity contribution is 8.63. The number of methoxy groups -OCH3 is 1. The molecule has 0 unspecified atom stereocenters. The van der Waals surface area contributed by atoms with Crippen LogP contribution < -0.4 is 4.74 Å². The van der Waals surface area contributed by atoms with Gasteiger partial charge < -0.3 is 4.74 Å². The van der Waals surface area contributed by atoms with E-state index in [9.17, 15) is 8.42 Å². The molecule has 2 aromatic carbocycles. The smallest absolute Gasteiger partial charge is 0.227 e. The summed E-state index contributed by atoms with van der Waals surface area (Å²) >= 11 is 3.61. The first-order chi connectivity index (χ1) is 7.52. The van der Waals surface area contributed by atoms with E-state index in [0.29, 0.717) is 11.1 Å². The second-order valence-electron chi connectivity index (χ2n) is 3.32. The van der Waals surface area contributed by atoms with E-state index in [4.69, 9.17) is 4.74 Å². The molecule has 5 heteroatoms. The maximum Gasteiger partial charge on any atom is 0.227 e. The van der Waals surface area contributed by atoms with E-state index in [1.807, 2.05) is 6.07 Å². The molecule has 0 atom stereocenters. The lowest BCUT2D eigenvalue weighted by atomic mass is 10.1. The average molecular weight is 254 g/mol. The van der Waals surface area contributed by atoms with Gasteiger partial charge in [0.1, 0.15) is 5.75 Å². The summed E-state index contributed by atoms with van der Waals surface area (Å²) in [4.78, 5) is 0.219. The third-order valence-electron chi connectivity index (χ3n) is 2.33. The lowest BCUT2D eigenvalue weighted by molar-refractivity contribution is 0.415. The third-order valence-corrected chi connectivity index (χ3v) is 3.83. The Morgan fingerprint density at radius 1 is 1.19 bits per heavy atom. The van der Waals surface area contributed by atoms with E-state index in [0.717, 1.165) is 5.39 Å². The Morgan fingerprint density at radius 2 is 1.94 bits per heavy atom. The van der Waals surface area contributed by atoms with Crippen LogP contribution in [0.1, 0.15) is 0 Å². The van der Waals surface area contributed by atoms with Crippen molar-refractivity contribution in [1.82, 2.24) is 0 Å².